The zero-order chi connectivity index (χ0) is 23.3. The first-order chi connectivity index (χ1) is 16.7. The van der Waals surface area contributed by atoms with Gasteiger partial charge in [0.05, 0.1) is 23.0 Å². The molecule has 0 aliphatic rings. The van der Waals surface area contributed by atoms with Crippen LogP contribution in [-0.4, -0.2) is 17.1 Å². The molecular weight excluding hydrogens is 425 g/mol. The molecule has 1 heterocycles. The monoisotopic (exact) mass is 445 g/mol. The molecule has 0 saturated heterocycles. The Hall–Kier alpha value is -4.64. The Balaban J connectivity index is 1.38. The van der Waals surface area contributed by atoms with E-state index in [4.69, 9.17) is 0 Å². The van der Waals surface area contributed by atoms with Crippen molar-refractivity contribution in [1.82, 2.24) is 10.4 Å². The lowest BCUT2D eigenvalue weighted by Gasteiger charge is -2.09. The molecule has 34 heavy (non-hydrogen) atoms. The number of hydrazone groups is 1. The van der Waals surface area contributed by atoms with Gasteiger partial charge in [-0.2, -0.15) is 5.10 Å². The molecule has 0 saturated carbocycles. The van der Waals surface area contributed by atoms with Crippen molar-refractivity contribution in [2.24, 2.45) is 5.10 Å². The number of halogens is 1. The highest BCUT2D eigenvalue weighted by atomic mass is 19.1. The predicted molar refractivity (Wildman–Crippen MR) is 134 cm³/mol. The van der Waals surface area contributed by atoms with E-state index in [1.165, 1.54) is 12.1 Å². The number of carbonyl (C=O) groups excluding carboxylic acids is 1. The fourth-order valence-electron chi connectivity index (χ4n) is 3.75. The van der Waals surface area contributed by atoms with Gasteiger partial charge in [-0.05, 0) is 53.1 Å². The van der Waals surface area contributed by atoms with Crippen LogP contribution in [0.1, 0.15) is 15.9 Å². The van der Waals surface area contributed by atoms with Crippen LogP contribution < -0.4 is 5.43 Å². The summed E-state index contributed by atoms with van der Waals surface area (Å²) in [6.45, 7) is 0. The summed E-state index contributed by atoms with van der Waals surface area (Å²) in [5.74, 6) is -0.673. The van der Waals surface area contributed by atoms with E-state index >= 15 is 0 Å². The normalized spacial score (nSPS) is 11.1. The molecule has 0 atom stereocenters. The molecule has 4 aromatic carbocycles. The Morgan fingerprint density at radius 2 is 1.41 bits per heavy atom. The highest BCUT2D eigenvalue weighted by molar-refractivity contribution is 6.07. The first kappa shape index (κ1) is 21.2. The molecule has 0 fully saturated rings. The van der Waals surface area contributed by atoms with Gasteiger partial charge in [-0.25, -0.2) is 14.8 Å². The number of para-hydroxylation sites is 1. The number of fused-ring (bicyclic) bond motifs is 1. The lowest BCUT2D eigenvalue weighted by atomic mass is 10.0. The molecule has 5 rings (SSSR count). The number of nitrogens with one attached hydrogen (secondary N) is 1. The smallest absolute Gasteiger partial charge is 0.267 e. The SMILES string of the molecule is O=C(NN=Cc1ccc(-c2ccccc2)cc1)c1cc(-c2ccc(F)cc2)nc2ccccc12. The molecule has 0 aliphatic heterocycles. The van der Waals surface area contributed by atoms with Crippen molar-refractivity contribution in [2.45, 2.75) is 0 Å². The maximum Gasteiger partial charge on any atom is 0.272 e. The Kier molecular flexibility index (Phi) is 5.91. The summed E-state index contributed by atoms with van der Waals surface area (Å²) in [5.41, 5.74) is 8.17. The topological polar surface area (TPSA) is 54.4 Å². The number of rotatable bonds is 5. The Morgan fingerprint density at radius 3 is 2.18 bits per heavy atom. The molecule has 1 amide bonds. The van der Waals surface area contributed by atoms with E-state index in [-0.39, 0.29) is 11.7 Å². The van der Waals surface area contributed by atoms with Gasteiger partial charge in [0, 0.05) is 10.9 Å². The Labute approximate surface area is 196 Å². The second kappa shape index (κ2) is 9.46. The third-order valence-corrected chi connectivity index (χ3v) is 5.50. The van der Waals surface area contributed by atoms with Crippen LogP contribution in [0.2, 0.25) is 0 Å². The molecule has 0 unspecified atom stereocenters. The summed E-state index contributed by atoms with van der Waals surface area (Å²) >= 11 is 0. The largest absolute Gasteiger partial charge is 0.272 e. The van der Waals surface area contributed by atoms with E-state index in [1.807, 2.05) is 66.7 Å². The van der Waals surface area contributed by atoms with Gasteiger partial charge in [0.25, 0.3) is 5.91 Å². The average molecular weight is 445 g/mol. The van der Waals surface area contributed by atoms with Crippen LogP contribution in [0.15, 0.2) is 114 Å². The van der Waals surface area contributed by atoms with Gasteiger partial charge in [0.15, 0.2) is 0 Å². The number of hydrogen-bond donors (Lipinski definition) is 1. The lowest BCUT2D eigenvalue weighted by Crippen LogP contribution is -2.18. The third-order valence-electron chi connectivity index (χ3n) is 5.50. The zero-order valence-corrected chi connectivity index (χ0v) is 18.2. The molecule has 5 aromatic rings. The molecule has 5 heteroatoms. The summed E-state index contributed by atoms with van der Waals surface area (Å²) in [5, 5.41) is 4.86. The van der Waals surface area contributed by atoms with Gasteiger partial charge < -0.3 is 0 Å². The minimum atomic E-state index is -0.348. The molecule has 1 aromatic heterocycles. The van der Waals surface area contributed by atoms with Crippen LogP contribution in [0.25, 0.3) is 33.3 Å². The first-order valence-electron chi connectivity index (χ1n) is 10.8. The van der Waals surface area contributed by atoms with E-state index in [0.717, 1.165) is 22.3 Å². The Bertz CT molecular complexity index is 1480. The van der Waals surface area contributed by atoms with Crippen molar-refractivity contribution >= 4 is 23.0 Å². The molecule has 4 nitrogen and oxygen atoms in total. The maximum absolute atomic E-state index is 13.4. The van der Waals surface area contributed by atoms with Crippen LogP contribution in [0, 0.1) is 5.82 Å². The molecule has 0 spiro atoms. The van der Waals surface area contributed by atoms with Crippen LogP contribution in [-0.2, 0) is 0 Å². The van der Waals surface area contributed by atoms with Gasteiger partial charge in [-0.3, -0.25) is 4.79 Å². The van der Waals surface area contributed by atoms with E-state index in [1.54, 1.807) is 24.4 Å². The van der Waals surface area contributed by atoms with Gasteiger partial charge in [-0.15, -0.1) is 0 Å². The van der Waals surface area contributed by atoms with Gasteiger partial charge in [0.1, 0.15) is 5.82 Å². The van der Waals surface area contributed by atoms with Crippen molar-refractivity contribution < 1.29 is 9.18 Å². The van der Waals surface area contributed by atoms with Gasteiger partial charge >= 0.3 is 0 Å². The minimum absolute atomic E-state index is 0.325. The molecule has 1 N–H and O–H groups in total. The first-order valence-corrected chi connectivity index (χ1v) is 10.8. The van der Waals surface area contributed by atoms with Crippen LogP contribution in [0.4, 0.5) is 4.39 Å². The molecule has 0 bridgehead atoms. The fraction of sp³-hybridized carbons (Fsp3) is 0. The summed E-state index contributed by atoms with van der Waals surface area (Å²) < 4.78 is 13.4. The number of amides is 1. The van der Waals surface area contributed by atoms with Crippen molar-refractivity contribution in [1.29, 1.82) is 0 Å². The van der Waals surface area contributed by atoms with E-state index in [0.29, 0.717) is 22.2 Å². The minimum Gasteiger partial charge on any atom is -0.267 e. The lowest BCUT2D eigenvalue weighted by molar-refractivity contribution is 0.0956. The van der Waals surface area contributed by atoms with Crippen molar-refractivity contribution in [3.63, 3.8) is 0 Å². The highest BCUT2D eigenvalue weighted by Gasteiger charge is 2.13. The van der Waals surface area contributed by atoms with E-state index < -0.39 is 0 Å². The fourth-order valence-corrected chi connectivity index (χ4v) is 3.75. The summed E-state index contributed by atoms with van der Waals surface area (Å²) in [6, 6.07) is 33.2. The molecule has 0 aliphatic carbocycles. The van der Waals surface area contributed by atoms with Crippen molar-refractivity contribution in [2.75, 3.05) is 0 Å². The number of carbonyl (C=O) groups is 1. The van der Waals surface area contributed by atoms with Crippen LogP contribution >= 0.6 is 0 Å². The maximum atomic E-state index is 13.4. The van der Waals surface area contributed by atoms with Crippen molar-refractivity contribution in [3.8, 4) is 22.4 Å². The number of hydrogen-bond acceptors (Lipinski definition) is 3. The number of benzene rings is 4. The predicted octanol–water partition coefficient (Wildman–Crippen LogP) is 6.47. The number of nitrogens with zero attached hydrogens (tertiary/aromatic N) is 2. The van der Waals surface area contributed by atoms with E-state index in [2.05, 4.69) is 27.6 Å². The van der Waals surface area contributed by atoms with Crippen LogP contribution in [0.3, 0.4) is 0 Å². The van der Waals surface area contributed by atoms with E-state index in [9.17, 15) is 9.18 Å². The number of pyridine rings is 1. The molecular formula is C29H20FN3O. The van der Waals surface area contributed by atoms with Crippen LogP contribution in [0.5, 0.6) is 0 Å². The second-order valence-electron chi connectivity index (χ2n) is 7.77. The van der Waals surface area contributed by atoms with Gasteiger partial charge in [-0.1, -0.05) is 72.8 Å². The summed E-state index contributed by atoms with van der Waals surface area (Å²) in [6.07, 6.45) is 1.61. The standard InChI is InChI=1S/C29H20FN3O/c30-24-16-14-23(15-17-24)28-18-26(25-8-4-5-9-27(25)32-28)29(34)33-31-19-20-10-12-22(13-11-20)21-6-2-1-3-7-21/h1-19H,(H,33,34). The van der Waals surface area contributed by atoms with Gasteiger partial charge in [0.2, 0.25) is 0 Å². The number of aromatic nitrogens is 1. The third kappa shape index (κ3) is 4.59. The second-order valence-corrected chi connectivity index (χ2v) is 7.77. The molecule has 0 radical (unpaired) electrons. The highest BCUT2D eigenvalue weighted by Crippen LogP contribution is 2.25. The Morgan fingerprint density at radius 1 is 0.765 bits per heavy atom. The zero-order valence-electron chi connectivity index (χ0n) is 18.2. The molecule has 164 valence electrons. The summed E-state index contributed by atoms with van der Waals surface area (Å²) in [7, 11) is 0. The van der Waals surface area contributed by atoms with Crippen molar-refractivity contribution in [3.05, 3.63) is 126 Å². The summed E-state index contributed by atoms with van der Waals surface area (Å²) in [4.78, 5) is 17.7. The quantitative estimate of drug-likeness (QED) is 0.249. The average Bonchev–Trinajstić information content (AvgIpc) is 2.89.